The van der Waals surface area contributed by atoms with Crippen molar-refractivity contribution >= 4 is 11.9 Å². The third-order valence-corrected chi connectivity index (χ3v) is 1.31. The fourth-order valence-corrected chi connectivity index (χ4v) is 0.667. The van der Waals surface area contributed by atoms with Crippen LogP contribution in [0.1, 0.15) is 12.8 Å². The van der Waals surface area contributed by atoms with Crippen molar-refractivity contribution in [3.63, 3.8) is 0 Å². The molecule has 0 spiro atoms. The van der Waals surface area contributed by atoms with Crippen LogP contribution >= 0.6 is 0 Å². The summed E-state index contributed by atoms with van der Waals surface area (Å²) < 4.78 is 0. The van der Waals surface area contributed by atoms with E-state index >= 15 is 0 Å². The Morgan fingerprint density at radius 3 is 2.33 bits per heavy atom. The quantitative estimate of drug-likeness (QED) is 0.415. The Hall–Kier alpha value is -0.100. The van der Waals surface area contributed by atoms with Crippen LogP contribution < -0.4 is 45.7 Å². The Kier molecular flexibility index (Phi) is 9.07. The smallest absolute Gasteiger partial charge is 0.548 e. The van der Waals surface area contributed by atoms with Crippen LogP contribution in [0, 0.1) is 0 Å². The maximum Gasteiger partial charge on any atom is 1.00 e. The van der Waals surface area contributed by atoms with Crippen LogP contribution in [0.5, 0.6) is 0 Å². The summed E-state index contributed by atoms with van der Waals surface area (Å²) in [4.78, 5) is 20.4. The number of hydrogen-bond donors (Lipinski definition) is 2. The minimum Gasteiger partial charge on any atom is -0.548 e. The van der Waals surface area contributed by atoms with E-state index in [1.54, 1.807) is 0 Å². The van der Waals surface area contributed by atoms with E-state index in [1.807, 2.05) is 0 Å². The van der Waals surface area contributed by atoms with Crippen LogP contribution in [0.25, 0.3) is 0 Å². The summed E-state index contributed by atoms with van der Waals surface area (Å²) in [5.74, 6) is -1.72. The minimum atomic E-state index is -1.21. The largest absolute Gasteiger partial charge is 1.00 e. The van der Waals surface area contributed by atoms with Crippen molar-refractivity contribution in [1.82, 2.24) is 5.32 Å². The number of likely N-dealkylation sites (N-methyl/N-ethyl adjacent to an activating group) is 1. The maximum atomic E-state index is 10.2. The first-order chi connectivity index (χ1) is 5.07. The van der Waals surface area contributed by atoms with E-state index in [9.17, 15) is 14.7 Å². The molecule has 1 atom stereocenters. The van der Waals surface area contributed by atoms with Crippen molar-refractivity contribution in [2.24, 2.45) is 5.73 Å². The molecule has 0 aliphatic heterocycles. The first-order valence-corrected chi connectivity index (χ1v) is 3.24. The molecule has 0 radical (unpaired) electrons. The fourth-order valence-electron chi connectivity index (χ4n) is 0.667. The number of amides is 1. The van der Waals surface area contributed by atoms with E-state index in [2.05, 4.69) is 5.32 Å². The van der Waals surface area contributed by atoms with Crippen molar-refractivity contribution in [2.45, 2.75) is 18.9 Å². The number of rotatable bonds is 5. The second kappa shape index (κ2) is 7.54. The number of carboxylic acid groups (broad SMARTS) is 1. The molecule has 0 fully saturated rings. The van der Waals surface area contributed by atoms with Crippen LogP contribution in [0.15, 0.2) is 0 Å². The molecule has 5 nitrogen and oxygen atoms in total. The van der Waals surface area contributed by atoms with Gasteiger partial charge in [0.2, 0.25) is 5.91 Å². The second-order valence-corrected chi connectivity index (χ2v) is 2.17. The molecule has 64 valence electrons. The van der Waals surface area contributed by atoms with Gasteiger partial charge in [0.15, 0.2) is 0 Å². The molecule has 0 bridgehead atoms. The molecule has 0 heterocycles. The summed E-state index contributed by atoms with van der Waals surface area (Å²) >= 11 is 0. The van der Waals surface area contributed by atoms with Gasteiger partial charge in [-0.05, 0) is 13.5 Å². The summed E-state index contributed by atoms with van der Waals surface area (Å²) in [5.41, 5.74) is 4.82. The van der Waals surface area contributed by atoms with Crippen molar-refractivity contribution in [3.8, 4) is 0 Å². The van der Waals surface area contributed by atoms with Crippen LogP contribution in [-0.2, 0) is 9.59 Å². The topological polar surface area (TPSA) is 95.2 Å². The molecule has 0 rings (SSSR count). The van der Waals surface area contributed by atoms with Gasteiger partial charge in [-0.25, -0.2) is 0 Å². The number of aliphatic carboxylic acids is 1. The first kappa shape index (κ1) is 14.4. The Labute approximate surface area is 93.0 Å². The zero-order valence-electron chi connectivity index (χ0n) is 7.29. The maximum absolute atomic E-state index is 10.2. The summed E-state index contributed by atoms with van der Waals surface area (Å²) in [6.45, 7) is 0. The van der Waals surface area contributed by atoms with Gasteiger partial charge in [-0.2, -0.15) is 0 Å². The molecule has 6 heteroatoms. The molecule has 3 N–H and O–H groups in total. The SMILES string of the molecule is CN[C@@H](CCC(N)=O)C(=O)[O-].[Na+]. The molecule has 0 saturated heterocycles. The molecule has 0 aromatic heterocycles. The monoisotopic (exact) mass is 182 g/mol. The van der Waals surface area contributed by atoms with Crippen LogP contribution in [0.2, 0.25) is 0 Å². The van der Waals surface area contributed by atoms with E-state index in [4.69, 9.17) is 5.73 Å². The predicted molar refractivity (Wildman–Crippen MR) is 36.3 cm³/mol. The average Bonchev–Trinajstić information content (AvgIpc) is 1.87. The van der Waals surface area contributed by atoms with E-state index in [0.29, 0.717) is 0 Å². The molecular formula is C6H11N2NaO3. The number of carboxylic acids is 1. The number of carbonyl (C=O) groups is 2. The van der Waals surface area contributed by atoms with Gasteiger partial charge in [0, 0.05) is 12.5 Å². The molecule has 12 heavy (non-hydrogen) atoms. The Morgan fingerprint density at radius 2 is 2.08 bits per heavy atom. The first-order valence-electron chi connectivity index (χ1n) is 3.24. The zero-order chi connectivity index (χ0) is 8.85. The van der Waals surface area contributed by atoms with Crippen molar-refractivity contribution in [2.75, 3.05) is 7.05 Å². The molecule has 0 aliphatic carbocycles. The fraction of sp³-hybridized carbons (Fsp3) is 0.667. The summed E-state index contributed by atoms with van der Waals surface area (Å²) in [5, 5.41) is 12.7. The molecule has 0 aromatic carbocycles. The third kappa shape index (κ3) is 6.60. The number of nitrogens with two attached hydrogens (primary N) is 1. The molecular weight excluding hydrogens is 171 g/mol. The third-order valence-electron chi connectivity index (χ3n) is 1.31. The normalized spacial score (nSPS) is 11.4. The van der Waals surface area contributed by atoms with Crippen molar-refractivity contribution in [1.29, 1.82) is 0 Å². The number of carbonyl (C=O) groups excluding carboxylic acids is 2. The van der Waals surface area contributed by atoms with Gasteiger partial charge < -0.3 is 21.0 Å². The standard InChI is InChI=1S/C6H12N2O3.Na/c1-8-4(6(10)11)2-3-5(7)9;/h4,8H,2-3H2,1H3,(H2,7,9)(H,10,11);/q;+1/p-1/t4-;/m0./s1. The minimum absolute atomic E-state index is 0. The number of primary amides is 1. The Bertz CT molecular complexity index is 163. The number of hydrogen-bond acceptors (Lipinski definition) is 4. The summed E-state index contributed by atoms with van der Waals surface area (Å²) in [6.07, 6.45) is 0.230. The average molecular weight is 182 g/mol. The van der Waals surface area contributed by atoms with Gasteiger partial charge in [0.1, 0.15) is 0 Å². The molecule has 0 aliphatic rings. The molecule has 0 unspecified atom stereocenters. The Morgan fingerprint density at radius 1 is 1.58 bits per heavy atom. The van der Waals surface area contributed by atoms with Crippen molar-refractivity contribution in [3.05, 3.63) is 0 Å². The van der Waals surface area contributed by atoms with Gasteiger partial charge >= 0.3 is 29.6 Å². The predicted octanol–water partition coefficient (Wildman–Crippen LogP) is -5.41. The van der Waals surface area contributed by atoms with Crippen molar-refractivity contribution < 1.29 is 44.3 Å². The van der Waals surface area contributed by atoms with Gasteiger partial charge in [-0.1, -0.05) is 0 Å². The van der Waals surface area contributed by atoms with E-state index in [-0.39, 0.29) is 42.4 Å². The van der Waals surface area contributed by atoms with Gasteiger partial charge in [0.05, 0.1) is 5.97 Å². The van der Waals surface area contributed by atoms with Crippen LogP contribution in [-0.4, -0.2) is 25.0 Å². The van der Waals surface area contributed by atoms with Gasteiger partial charge in [-0.15, -0.1) is 0 Å². The summed E-state index contributed by atoms with van der Waals surface area (Å²) in [7, 11) is 1.49. The number of nitrogens with one attached hydrogen (secondary N) is 1. The summed E-state index contributed by atoms with van der Waals surface area (Å²) in [6, 6.07) is -0.789. The van der Waals surface area contributed by atoms with Crippen LogP contribution in [0.4, 0.5) is 0 Å². The molecule has 1 amide bonds. The van der Waals surface area contributed by atoms with Gasteiger partial charge in [-0.3, -0.25) is 4.79 Å². The molecule has 0 aromatic rings. The Balaban J connectivity index is 0. The molecule has 0 saturated carbocycles. The second-order valence-electron chi connectivity index (χ2n) is 2.17. The van der Waals surface area contributed by atoms with Crippen LogP contribution in [0.3, 0.4) is 0 Å². The van der Waals surface area contributed by atoms with E-state index < -0.39 is 17.9 Å². The van der Waals surface area contributed by atoms with Gasteiger partial charge in [0.25, 0.3) is 0 Å². The van der Waals surface area contributed by atoms with E-state index in [0.717, 1.165) is 0 Å². The van der Waals surface area contributed by atoms with E-state index in [1.165, 1.54) is 7.05 Å². The zero-order valence-corrected chi connectivity index (χ0v) is 9.29.